The maximum Gasteiger partial charge on any atom is 0.126 e. The second kappa shape index (κ2) is 9.35. The molecule has 1 heterocycles. The highest BCUT2D eigenvalue weighted by molar-refractivity contribution is 5.58. The van der Waals surface area contributed by atoms with E-state index >= 15 is 0 Å². The Bertz CT molecular complexity index is 778. The van der Waals surface area contributed by atoms with Gasteiger partial charge in [-0.25, -0.2) is 4.98 Å². The van der Waals surface area contributed by atoms with Crippen LogP contribution in [0.15, 0.2) is 66.9 Å². The molecule has 26 heavy (non-hydrogen) atoms. The average molecular weight is 348 g/mol. The van der Waals surface area contributed by atoms with Crippen LogP contribution in [0.5, 0.6) is 0 Å². The van der Waals surface area contributed by atoms with E-state index in [1.165, 1.54) is 24.8 Å². The summed E-state index contributed by atoms with van der Waals surface area (Å²) < 4.78 is 2.22. The van der Waals surface area contributed by atoms with Crippen LogP contribution in [0.25, 0.3) is 11.3 Å². The van der Waals surface area contributed by atoms with Crippen molar-refractivity contribution < 1.29 is 0 Å². The molecule has 0 aliphatic heterocycles. The number of hydrogen-bond acceptors (Lipinski definition) is 2. The largest absolute Gasteiger partial charge is 0.329 e. The molecule has 0 bridgehead atoms. The summed E-state index contributed by atoms with van der Waals surface area (Å²) in [7, 11) is 0. The third-order valence-corrected chi connectivity index (χ3v) is 4.77. The Kier molecular flexibility index (Phi) is 6.62. The highest BCUT2D eigenvalue weighted by atomic mass is 15.1. The standard InChI is InChI=1S/C23H29N3/c1-2-3-4-11-16-21(24)23-25-22(20-14-9-6-10-15-20)18-26(23)17-19-12-7-5-8-13-19/h5-10,12-15,18,21H,2-4,11,16-17,24H2,1H3. The molecule has 0 amide bonds. The molecule has 1 atom stereocenters. The summed E-state index contributed by atoms with van der Waals surface area (Å²) in [4.78, 5) is 4.91. The van der Waals surface area contributed by atoms with Gasteiger partial charge in [-0.05, 0) is 12.0 Å². The first-order valence-electron chi connectivity index (χ1n) is 9.70. The third-order valence-electron chi connectivity index (χ3n) is 4.77. The summed E-state index contributed by atoms with van der Waals surface area (Å²) in [6, 6.07) is 20.8. The number of rotatable bonds is 9. The lowest BCUT2D eigenvalue weighted by atomic mass is 10.1. The SMILES string of the molecule is CCCCCCC(N)c1nc(-c2ccccc2)cn1Cc1ccccc1. The Balaban J connectivity index is 1.83. The van der Waals surface area contributed by atoms with Crippen molar-refractivity contribution in [3.8, 4) is 11.3 Å². The monoisotopic (exact) mass is 347 g/mol. The molecule has 0 radical (unpaired) electrons. The van der Waals surface area contributed by atoms with Crippen LogP contribution >= 0.6 is 0 Å². The minimum Gasteiger partial charge on any atom is -0.329 e. The molecule has 0 spiro atoms. The Labute approximate surface area is 156 Å². The predicted octanol–water partition coefficient (Wildman–Crippen LogP) is 5.57. The van der Waals surface area contributed by atoms with Crippen molar-refractivity contribution in [2.75, 3.05) is 0 Å². The van der Waals surface area contributed by atoms with E-state index in [0.717, 1.165) is 36.5 Å². The molecule has 1 unspecified atom stereocenters. The van der Waals surface area contributed by atoms with Crippen LogP contribution in [0, 0.1) is 0 Å². The highest BCUT2D eigenvalue weighted by Crippen LogP contribution is 2.24. The zero-order valence-corrected chi connectivity index (χ0v) is 15.6. The van der Waals surface area contributed by atoms with Gasteiger partial charge in [-0.1, -0.05) is 93.3 Å². The van der Waals surface area contributed by atoms with Crippen LogP contribution in [0.4, 0.5) is 0 Å². The first kappa shape index (κ1) is 18.4. The zero-order chi connectivity index (χ0) is 18.2. The molecule has 3 heteroatoms. The Morgan fingerprint density at radius 2 is 1.62 bits per heavy atom. The number of nitrogens with two attached hydrogens (primary N) is 1. The second-order valence-corrected chi connectivity index (χ2v) is 6.92. The van der Waals surface area contributed by atoms with Gasteiger partial charge < -0.3 is 10.3 Å². The van der Waals surface area contributed by atoms with Crippen LogP contribution < -0.4 is 5.73 Å². The van der Waals surface area contributed by atoms with E-state index in [9.17, 15) is 0 Å². The number of hydrogen-bond donors (Lipinski definition) is 1. The normalized spacial score (nSPS) is 12.2. The first-order valence-corrected chi connectivity index (χ1v) is 9.70. The van der Waals surface area contributed by atoms with Gasteiger partial charge >= 0.3 is 0 Å². The maximum absolute atomic E-state index is 6.54. The quantitative estimate of drug-likeness (QED) is 0.514. The second-order valence-electron chi connectivity index (χ2n) is 6.92. The highest BCUT2D eigenvalue weighted by Gasteiger charge is 2.16. The number of imidazole rings is 1. The minimum atomic E-state index is -0.0203. The lowest BCUT2D eigenvalue weighted by molar-refractivity contribution is 0.527. The molecule has 136 valence electrons. The summed E-state index contributed by atoms with van der Waals surface area (Å²) in [5, 5.41) is 0. The van der Waals surface area contributed by atoms with Crippen LogP contribution in [-0.2, 0) is 6.54 Å². The fourth-order valence-electron chi connectivity index (χ4n) is 3.30. The average Bonchev–Trinajstić information content (AvgIpc) is 3.10. The maximum atomic E-state index is 6.54. The molecular formula is C23H29N3. The smallest absolute Gasteiger partial charge is 0.126 e. The minimum absolute atomic E-state index is 0.0203. The molecule has 2 aromatic carbocycles. The number of nitrogens with zero attached hydrogens (tertiary/aromatic N) is 2. The molecule has 3 nitrogen and oxygen atoms in total. The Morgan fingerprint density at radius 3 is 2.31 bits per heavy atom. The topological polar surface area (TPSA) is 43.8 Å². The van der Waals surface area contributed by atoms with Crippen molar-refractivity contribution in [1.82, 2.24) is 9.55 Å². The number of aromatic nitrogens is 2. The molecule has 0 fully saturated rings. The van der Waals surface area contributed by atoms with Gasteiger partial charge in [-0.2, -0.15) is 0 Å². The summed E-state index contributed by atoms with van der Waals surface area (Å²) in [6.45, 7) is 3.04. The van der Waals surface area contributed by atoms with Crippen molar-refractivity contribution in [1.29, 1.82) is 0 Å². The van der Waals surface area contributed by atoms with Gasteiger partial charge in [0.15, 0.2) is 0 Å². The van der Waals surface area contributed by atoms with Crippen molar-refractivity contribution in [2.24, 2.45) is 5.73 Å². The molecular weight excluding hydrogens is 318 g/mol. The first-order chi connectivity index (χ1) is 12.8. The molecule has 0 saturated heterocycles. The van der Waals surface area contributed by atoms with Crippen molar-refractivity contribution >= 4 is 0 Å². The lowest BCUT2D eigenvalue weighted by Crippen LogP contribution is -2.17. The summed E-state index contributed by atoms with van der Waals surface area (Å²) >= 11 is 0. The molecule has 1 aromatic heterocycles. The lowest BCUT2D eigenvalue weighted by Gasteiger charge is -2.14. The van der Waals surface area contributed by atoms with Gasteiger partial charge in [-0.3, -0.25) is 0 Å². The van der Waals surface area contributed by atoms with Gasteiger partial charge in [0, 0.05) is 18.3 Å². The van der Waals surface area contributed by atoms with E-state index in [0.29, 0.717) is 0 Å². The number of benzene rings is 2. The Morgan fingerprint density at radius 1 is 0.923 bits per heavy atom. The van der Waals surface area contributed by atoms with E-state index in [2.05, 4.69) is 66.2 Å². The van der Waals surface area contributed by atoms with Gasteiger partial charge in [0.2, 0.25) is 0 Å². The van der Waals surface area contributed by atoms with Crippen LogP contribution in [-0.4, -0.2) is 9.55 Å². The van der Waals surface area contributed by atoms with Crippen LogP contribution in [0.2, 0.25) is 0 Å². The molecule has 3 aromatic rings. The van der Waals surface area contributed by atoms with E-state index < -0.39 is 0 Å². The van der Waals surface area contributed by atoms with Crippen LogP contribution in [0.3, 0.4) is 0 Å². The van der Waals surface area contributed by atoms with Crippen LogP contribution in [0.1, 0.15) is 56.5 Å². The third kappa shape index (κ3) is 4.83. The predicted molar refractivity (Wildman–Crippen MR) is 109 cm³/mol. The van der Waals surface area contributed by atoms with Crippen molar-refractivity contribution in [3.05, 3.63) is 78.2 Å². The van der Waals surface area contributed by atoms with E-state index in [-0.39, 0.29) is 6.04 Å². The fraction of sp³-hybridized carbons (Fsp3) is 0.348. The number of unbranched alkanes of at least 4 members (excludes halogenated alkanes) is 3. The van der Waals surface area contributed by atoms with Gasteiger partial charge in [0.25, 0.3) is 0 Å². The summed E-state index contributed by atoms with van der Waals surface area (Å²) in [5.74, 6) is 0.990. The van der Waals surface area contributed by atoms with Gasteiger partial charge in [0.1, 0.15) is 5.82 Å². The fourth-order valence-corrected chi connectivity index (χ4v) is 3.30. The zero-order valence-electron chi connectivity index (χ0n) is 15.6. The summed E-state index contributed by atoms with van der Waals surface area (Å²) in [6.07, 6.45) is 8.06. The van der Waals surface area contributed by atoms with Crippen molar-refractivity contribution in [3.63, 3.8) is 0 Å². The van der Waals surface area contributed by atoms with E-state index in [4.69, 9.17) is 10.7 Å². The Hall–Kier alpha value is -2.39. The molecule has 3 rings (SSSR count). The van der Waals surface area contributed by atoms with Gasteiger partial charge in [0.05, 0.1) is 11.7 Å². The molecule has 0 aliphatic carbocycles. The van der Waals surface area contributed by atoms with Gasteiger partial charge in [-0.15, -0.1) is 0 Å². The van der Waals surface area contributed by atoms with E-state index in [1.807, 2.05) is 12.1 Å². The summed E-state index contributed by atoms with van der Waals surface area (Å²) in [5.41, 5.74) is 9.95. The van der Waals surface area contributed by atoms with E-state index in [1.54, 1.807) is 0 Å². The molecule has 0 saturated carbocycles. The molecule has 0 aliphatic rings. The van der Waals surface area contributed by atoms with Crippen molar-refractivity contribution in [2.45, 2.75) is 51.6 Å². The molecule has 2 N–H and O–H groups in total.